The van der Waals surface area contributed by atoms with Crippen molar-refractivity contribution in [2.45, 2.75) is 19.3 Å². The van der Waals surface area contributed by atoms with Crippen LogP contribution >= 0.6 is 41.7 Å². The topological polar surface area (TPSA) is 60.2 Å². The standard InChI is InChI=1S/C10H10ClNO3.Al.3ClH/c11-10(13)7-3-5-8-4-1-2-6-9(8)12(14)15;;;;/h1-2,4,6H,3,5,7H2;;3*1H/q;+3;;;/p-3. The molecule has 4 nitrogen and oxygen atoms in total. The summed E-state index contributed by atoms with van der Waals surface area (Å²) in [6.45, 7) is 0. The number of benzene rings is 1. The molecule has 0 amide bonds. The predicted molar refractivity (Wildman–Crippen MR) is 80.2 cm³/mol. The lowest BCUT2D eigenvalue weighted by atomic mass is 10.1. The number of carbonyl (C=O) groups excluding carboxylic acids is 1. The minimum absolute atomic E-state index is 0.0968. The molecule has 0 atom stereocenters. The van der Waals surface area contributed by atoms with Gasteiger partial charge < -0.3 is 0 Å². The third-order valence-corrected chi connectivity index (χ3v) is 2.20. The molecule has 0 aliphatic rings. The normalized spacial score (nSPS) is 9.26. The molecule has 1 aromatic carbocycles. The molecule has 0 bridgehead atoms. The molecule has 19 heavy (non-hydrogen) atoms. The second kappa shape index (κ2) is 10.7. The van der Waals surface area contributed by atoms with Gasteiger partial charge in [0.25, 0.3) is 5.69 Å². The van der Waals surface area contributed by atoms with E-state index in [1.165, 1.54) is 6.07 Å². The number of hydrogen-bond acceptors (Lipinski definition) is 3. The van der Waals surface area contributed by atoms with Gasteiger partial charge in [-0.3, -0.25) is 14.9 Å². The van der Waals surface area contributed by atoms with E-state index in [9.17, 15) is 14.9 Å². The summed E-state index contributed by atoms with van der Waals surface area (Å²) in [5.74, 6) is 0. The van der Waals surface area contributed by atoms with E-state index in [-0.39, 0.29) is 12.1 Å². The van der Waals surface area contributed by atoms with Gasteiger partial charge in [-0.15, -0.1) is 0 Å². The monoisotopic (exact) mass is 359 g/mol. The van der Waals surface area contributed by atoms with Gasteiger partial charge in [-0.2, -0.15) is 0 Å². The molecule has 0 N–H and O–H groups in total. The lowest BCUT2D eigenvalue weighted by molar-refractivity contribution is -0.385. The lowest BCUT2D eigenvalue weighted by Crippen LogP contribution is -1.96. The molecule has 0 radical (unpaired) electrons. The molecule has 9 heteroatoms. The van der Waals surface area contributed by atoms with E-state index in [0.717, 1.165) is 0 Å². The van der Waals surface area contributed by atoms with Gasteiger partial charge in [-0.05, 0) is 24.4 Å². The average molecular weight is 361 g/mol. The van der Waals surface area contributed by atoms with Gasteiger partial charge in [0.05, 0.1) is 4.92 Å². The summed E-state index contributed by atoms with van der Waals surface area (Å²) >= 11 is 3.45. The minimum atomic E-state index is -1.72. The van der Waals surface area contributed by atoms with Gasteiger partial charge in [0.1, 0.15) is 0 Å². The summed E-state index contributed by atoms with van der Waals surface area (Å²) in [6.07, 6.45) is 1.27. The Balaban J connectivity index is 0.000000711. The van der Waals surface area contributed by atoms with Crippen molar-refractivity contribution in [1.29, 1.82) is 0 Å². The molecule has 1 rings (SSSR count). The van der Waals surface area contributed by atoms with Crippen LogP contribution < -0.4 is 0 Å². The van der Waals surface area contributed by atoms with E-state index in [0.29, 0.717) is 18.4 Å². The Labute approximate surface area is 132 Å². The second-order valence-electron chi connectivity index (χ2n) is 3.34. The van der Waals surface area contributed by atoms with Crippen LogP contribution in [0.1, 0.15) is 18.4 Å². The predicted octanol–water partition coefficient (Wildman–Crippen LogP) is 4.37. The quantitative estimate of drug-likeness (QED) is 0.339. The first kappa shape index (κ1) is 19.0. The van der Waals surface area contributed by atoms with Crippen LogP contribution in [0.2, 0.25) is 0 Å². The van der Waals surface area contributed by atoms with Crippen molar-refractivity contribution < 1.29 is 9.72 Å². The molecular formula is C10H10AlCl4NO3. The van der Waals surface area contributed by atoms with Crippen LogP contribution in [0.5, 0.6) is 0 Å². The molecule has 0 saturated carbocycles. The van der Waals surface area contributed by atoms with Crippen LogP contribution in [0.4, 0.5) is 5.69 Å². The highest BCUT2D eigenvalue weighted by Crippen LogP contribution is 2.19. The summed E-state index contributed by atoms with van der Waals surface area (Å²) in [6, 6.07) is 6.51. The molecule has 104 valence electrons. The van der Waals surface area contributed by atoms with E-state index in [1.807, 2.05) is 0 Å². The molecule has 0 aromatic heterocycles. The van der Waals surface area contributed by atoms with Gasteiger partial charge in [-0.1, -0.05) is 18.2 Å². The molecule has 0 heterocycles. The third kappa shape index (κ3) is 10.4. The average Bonchev–Trinajstić information content (AvgIpc) is 2.28. The van der Waals surface area contributed by atoms with Crippen LogP contribution in [0.3, 0.4) is 0 Å². The maximum Gasteiger partial charge on any atom is 0.643 e. The number of nitrogens with zero attached hydrogens (tertiary/aromatic N) is 1. The van der Waals surface area contributed by atoms with Crippen LogP contribution in [-0.4, -0.2) is 21.6 Å². The van der Waals surface area contributed by atoms with Crippen molar-refractivity contribution in [2.24, 2.45) is 0 Å². The zero-order valence-electron chi connectivity index (χ0n) is 9.69. The number of halogens is 4. The summed E-state index contributed by atoms with van der Waals surface area (Å²) in [5.41, 5.74) is 0.736. The minimum Gasteiger partial charge on any atom is -0.281 e. The first-order valence-corrected chi connectivity index (χ1v) is 10.8. The van der Waals surface area contributed by atoms with Gasteiger partial charge in [-0.25, -0.2) is 30.1 Å². The Hall–Kier alpha value is -0.0175. The number of nitro groups is 1. The van der Waals surface area contributed by atoms with Crippen LogP contribution in [0.25, 0.3) is 0 Å². The van der Waals surface area contributed by atoms with Gasteiger partial charge >= 0.3 is 11.4 Å². The molecule has 0 unspecified atom stereocenters. The van der Waals surface area contributed by atoms with E-state index >= 15 is 0 Å². The van der Waals surface area contributed by atoms with Gasteiger partial charge in [0.2, 0.25) is 5.24 Å². The molecule has 0 fully saturated rings. The number of aryl methyl sites for hydroxylation is 1. The molecule has 0 aliphatic heterocycles. The van der Waals surface area contributed by atoms with Gasteiger partial charge in [0.15, 0.2) is 0 Å². The van der Waals surface area contributed by atoms with Crippen molar-refractivity contribution in [2.75, 3.05) is 0 Å². The van der Waals surface area contributed by atoms with E-state index in [4.69, 9.17) is 41.7 Å². The summed E-state index contributed by atoms with van der Waals surface area (Å²) in [4.78, 5) is 20.7. The van der Waals surface area contributed by atoms with Crippen molar-refractivity contribution in [3.05, 3.63) is 39.9 Å². The number of para-hydroxylation sites is 1. The SMILES string of the molecule is O=C(Cl)CCCc1ccccc1[N+](=O)[O-].[Cl][Al]([Cl])[Cl]. The fraction of sp³-hybridized carbons (Fsp3) is 0.300. The highest BCUT2D eigenvalue weighted by molar-refractivity contribution is 7.54. The lowest BCUT2D eigenvalue weighted by Gasteiger charge is -2.00. The summed E-state index contributed by atoms with van der Waals surface area (Å²) in [5, 5.41) is 10.2. The zero-order valence-corrected chi connectivity index (χ0v) is 13.9. The van der Waals surface area contributed by atoms with Crippen molar-refractivity contribution in [3.8, 4) is 0 Å². The largest absolute Gasteiger partial charge is 0.643 e. The number of carbonyl (C=O) groups is 1. The molecule has 1 aromatic rings. The first-order valence-electron chi connectivity index (χ1n) is 5.17. The Kier molecular flexibility index (Phi) is 10.7. The second-order valence-corrected chi connectivity index (χ2v) is 10.2. The fourth-order valence-electron chi connectivity index (χ4n) is 1.32. The van der Waals surface area contributed by atoms with Crippen LogP contribution in [0, 0.1) is 10.1 Å². The van der Waals surface area contributed by atoms with E-state index in [2.05, 4.69) is 0 Å². The van der Waals surface area contributed by atoms with Gasteiger partial charge in [0, 0.05) is 18.1 Å². The third-order valence-electron chi connectivity index (χ3n) is 2.01. The van der Waals surface area contributed by atoms with Crippen LogP contribution in [-0.2, 0) is 11.2 Å². The van der Waals surface area contributed by atoms with E-state index in [1.54, 1.807) is 18.2 Å². The molecule has 0 aliphatic carbocycles. The molecule has 0 saturated heterocycles. The molecular weight excluding hydrogens is 351 g/mol. The Morgan fingerprint density at radius 2 is 1.79 bits per heavy atom. The number of nitro benzene ring substituents is 1. The molecule has 0 spiro atoms. The van der Waals surface area contributed by atoms with Crippen molar-refractivity contribution in [1.82, 2.24) is 0 Å². The number of rotatable bonds is 5. The smallest absolute Gasteiger partial charge is 0.281 e. The van der Waals surface area contributed by atoms with Crippen molar-refractivity contribution in [3.63, 3.8) is 0 Å². The Bertz CT molecular complexity index is 428. The first-order chi connectivity index (χ1) is 8.84. The highest BCUT2D eigenvalue weighted by Gasteiger charge is 2.11. The summed E-state index contributed by atoms with van der Waals surface area (Å²) in [7, 11) is 14.8. The van der Waals surface area contributed by atoms with Crippen molar-refractivity contribution >= 4 is 64.1 Å². The zero-order chi connectivity index (χ0) is 14.8. The Morgan fingerprint density at radius 1 is 1.26 bits per heavy atom. The van der Waals surface area contributed by atoms with Crippen LogP contribution in [0.15, 0.2) is 24.3 Å². The maximum atomic E-state index is 10.6. The number of hydrogen-bond donors (Lipinski definition) is 0. The highest BCUT2D eigenvalue weighted by atomic mass is 35.8. The summed E-state index contributed by atoms with van der Waals surface area (Å²) < 4.78 is 0. The van der Waals surface area contributed by atoms with E-state index < -0.39 is 21.6 Å². The maximum absolute atomic E-state index is 10.6. The fourth-order valence-corrected chi connectivity index (χ4v) is 1.45. The Morgan fingerprint density at radius 3 is 2.26 bits per heavy atom.